The molecule has 0 atom stereocenters. The van der Waals surface area contributed by atoms with E-state index >= 15 is 0 Å². The van der Waals surface area contributed by atoms with Gasteiger partial charge in [-0.05, 0) is 30.0 Å². The molecule has 0 amide bonds. The Labute approximate surface area is 107 Å². The summed E-state index contributed by atoms with van der Waals surface area (Å²) in [4.78, 5) is 5.24. The molecule has 0 radical (unpaired) electrons. The highest BCUT2D eigenvalue weighted by Crippen LogP contribution is 2.37. The Hall–Kier alpha value is -1.52. The zero-order valence-electron chi connectivity index (χ0n) is 9.03. The van der Waals surface area contributed by atoms with Gasteiger partial charge in [0.2, 0.25) is 5.89 Å². The van der Waals surface area contributed by atoms with Crippen LogP contribution in [0.4, 0.5) is 5.69 Å². The van der Waals surface area contributed by atoms with E-state index in [9.17, 15) is 0 Å². The van der Waals surface area contributed by atoms with Crippen molar-refractivity contribution in [1.82, 2.24) is 4.98 Å². The summed E-state index contributed by atoms with van der Waals surface area (Å²) >= 11 is 7.71. The number of fused-ring (bicyclic) bond motifs is 1. The zero-order chi connectivity index (χ0) is 12.0. The lowest BCUT2D eigenvalue weighted by molar-refractivity contribution is 0.621. The van der Waals surface area contributed by atoms with Crippen LogP contribution in [-0.2, 0) is 0 Å². The third-order valence-electron chi connectivity index (χ3n) is 2.54. The zero-order valence-corrected chi connectivity index (χ0v) is 10.6. The van der Waals surface area contributed by atoms with Crippen molar-refractivity contribution in [3.8, 4) is 10.8 Å². The Kier molecular flexibility index (Phi) is 2.34. The van der Waals surface area contributed by atoms with Crippen molar-refractivity contribution < 1.29 is 4.42 Å². The van der Waals surface area contributed by atoms with Crippen molar-refractivity contribution in [3.63, 3.8) is 0 Å². The van der Waals surface area contributed by atoms with Crippen molar-refractivity contribution >= 4 is 39.7 Å². The first-order valence-electron chi connectivity index (χ1n) is 5.06. The number of aromatic nitrogens is 1. The summed E-state index contributed by atoms with van der Waals surface area (Å²) < 4.78 is 5.66. The largest absolute Gasteiger partial charge is 0.435 e. The molecule has 0 aliphatic carbocycles. The smallest absolute Gasteiger partial charge is 0.239 e. The summed E-state index contributed by atoms with van der Waals surface area (Å²) in [6.45, 7) is 1.96. The van der Waals surface area contributed by atoms with Crippen LogP contribution in [0.15, 0.2) is 28.0 Å². The van der Waals surface area contributed by atoms with Crippen LogP contribution in [0, 0.1) is 6.92 Å². The summed E-state index contributed by atoms with van der Waals surface area (Å²) in [5.74, 6) is 0.529. The SMILES string of the molecule is Cc1csc(-c2nc3c(N)cccc3o2)c1Cl. The van der Waals surface area contributed by atoms with Gasteiger partial charge in [-0.2, -0.15) is 0 Å². The molecule has 0 bridgehead atoms. The normalized spacial score (nSPS) is 11.2. The van der Waals surface area contributed by atoms with Gasteiger partial charge in [0.05, 0.1) is 10.7 Å². The summed E-state index contributed by atoms with van der Waals surface area (Å²) in [5.41, 5.74) is 8.85. The molecule has 2 heterocycles. The Balaban J connectivity index is 2.25. The Morgan fingerprint density at radius 1 is 1.41 bits per heavy atom. The second-order valence-corrected chi connectivity index (χ2v) is 5.03. The van der Waals surface area contributed by atoms with Crippen LogP contribution in [0.2, 0.25) is 5.02 Å². The predicted molar refractivity (Wildman–Crippen MR) is 71.5 cm³/mol. The van der Waals surface area contributed by atoms with Gasteiger partial charge in [0.1, 0.15) is 10.4 Å². The Morgan fingerprint density at radius 2 is 2.24 bits per heavy atom. The van der Waals surface area contributed by atoms with Crippen LogP contribution in [0.1, 0.15) is 5.56 Å². The number of aryl methyl sites for hydroxylation is 1. The topological polar surface area (TPSA) is 52.0 Å². The van der Waals surface area contributed by atoms with Gasteiger partial charge in [-0.1, -0.05) is 17.7 Å². The lowest BCUT2D eigenvalue weighted by atomic mass is 10.3. The van der Waals surface area contributed by atoms with Crippen LogP contribution in [-0.4, -0.2) is 4.98 Å². The van der Waals surface area contributed by atoms with Gasteiger partial charge >= 0.3 is 0 Å². The fourth-order valence-electron chi connectivity index (χ4n) is 1.64. The number of oxazole rings is 1. The van der Waals surface area contributed by atoms with Crippen LogP contribution in [0.3, 0.4) is 0 Å². The van der Waals surface area contributed by atoms with Gasteiger partial charge in [-0.15, -0.1) is 11.3 Å². The predicted octanol–water partition coefficient (Wildman–Crippen LogP) is 4.10. The first kappa shape index (κ1) is 10.6. The Morgan fingerprint density at radius 3 is 2.88 bits per heavy atom. The van der Waals surface area contributed by atoms with Gasteiger partial charge in [-0.3, -0.25) is 0 Å². The fraction of sp³-hybridized carbons (Fsp3) is 0.0833. The van der Waals surface area contributed by atoms with E-state index in [0.29, 0.717) is 27.7 Å². The highest BCUT2D eigenvalue weighted by atomic mass is 35.5. The maximum atomic E-state index is 6.19. The number of rotatable bonds is 1. The number of halogens is 1. The number of thiophene rings is 1. The molecule has 17 heavy (non-hydrogen) atoms. The number of nitrogens with two attached hydrogens (primary N) is 1. The molecule has 0 saturated heterocycles. The summed E-state index contributed by atoms with van der Waals surface area (Å²) in [7, 11) is 0. The molecule has 3 rings (SSSR count). The molecule has 0 fully saturated rings. The van der Waals surface area contributed by atoms with Crippen molar-refractivity contribution in [2.45, 2.75) is 6.92 Å². The van der Waals surface area contributed by atoms with Crippen molar-refractivity contribution in [2.75, 3.05) is 5.73 Å². The Bertz CT molecular complexity index is 702. The van der Waals surface area contributed by atoms with E-state index in [4.69, 9.17) is 21.8 Å². The minimum absolute atomic E-state index is 0.529. The number of para-hydroxylation sites is 1. The second-order valence-electron chi connectivity index (χ2n) is 3.77. The molecule has 5 heteroatoms. The van der Waals surface area contributed by atoms with Crippen molar-refractivity contribution in [1.29, 1.82) is 0 Å². The molecular formula is C12H9ClN2OS. The molecule has 2 aromatic heterocycles. The third-order valence-corrected chi connectivity index (χ3v) is 4.23. The van der Waals surface area contributed by atoms with E-state index in [1.165, 1.54) is 11.3 Å². The van der Waals surface area contributed by atoms with Crippen LogP contribution >= 0.6 is 22.9 Å². The number of anilines is 1. The standard InChI is InChI=1S/C12H9ClN2OS/c1-6-5-17-11(9(6)13)12-15-10-7(14)3-2-4-8(10)16-12/h2-5H,14H2,1H3. The average molecular weight is 265 g/mol. The number of nitrogen functional groups attached to an aromatic ring is 1. The van der Waals surface area contributed by atoms with Gasteiger partial charge in [-0.25, -0.2) is 4.98 Å². The van der Waals surface area contributed by atoms with Gasteiger partial charge < -0.3 is 10.2 Å². The first-order valence-corrected chi connectivity index (χ1v) is 6.31. The lowest BCUT2D eigenvalue weighted by Crippen LogP contribution is -1.84. The summed E-state index contributed by atoms with van der Waals surface area (Å²) in [6, 6.07) is 5.49. The van der Waals surface area contributed by atoms with Gasteiger partial charge in [0.25, 0.3) is 0 Å². The minimum Gasteiger partial charge on any atom is -0.435 e. The van der Waals surface area contributed by atoms with E-state index in [2.05, 4.69) is 4.98 Å². The average Bonchev–Trinajstić information content (AvgIpc) is 2.85. The maximum absolute atomic E-state index is 6.19. The van der Waals surface area contributed by atoms with Crippen LogP contribution in [0.5, 0.6) is 0 Å². The van der Waals surface area contributed by atoms with E-state index < -0.39 is 0 Å². The lowest BCUT2D eigenvalue weighted by Gasteiger charge is -1.90. The van der Waals surface area contributed by atoms with E-state index in [0.717, 1.165) is 10.4 Å². The number of hydrogen-bond donors (Lipinski definition) is 1. The van der Waals surface area contributed by atoms with Crippen LogP contribution in [0.25, 0.3) is 21.9 Å². The molecule has 0 aliphatic rings. The monoisotopic (exact) mass is 264 g/mol. The maximum Gasteiger partial charge on any atom is 0.239 e. The number of nitrogens with zero attached hydrogens (tertiary/aromatic N) is 1. The number of benzene rings is 1. The molecule has 1 aromatic carbocycles. The first-order chi connectivity index (χ1) is 8.16. The highest BCUT2D eigenvalue weighted by molar-refractivity contribution is 7.14. The molecule has 0 spiro atoms. The fourth-order valence-corrected chi connectivity index (χ4v) is 2.84. The molecular weight excluding hydrogens is 256 g/mol. The van der Waals surface area contributed by atoms with Gasteiger partial charge in [0, 0.05) is 0 Å². The molecule has 3 nitrogen and oxygen atoms in total. The van der Waals surface area contributed by atoms with Crippen molar-refractivity contribution in [2.24, 2.45) is 0 Å². The molecule has 3 aromatic rings. The minimum atomic E-state index is 0.529. The van der Waals surface area contributed by atoms with E-state index in [1.807, 2.05) is 24.4 Å². The number of hydrogen-bond acceptors (Lipinski definition) is 4. The van der Waals surface area contributed by atoms with Crippen molar-refractivity contribution in [3.05, 3.63) is 34.2 Å². The quantitative estimate of drug-likeness (QED) is 0.673. The molecule has 2 N–H and O–H groups in total. The van der Waals surface area contributed by atoms with Crippen LogP contribution < -0.4 is 5.73 Å². The van der Waals surface area contributed by atoms with Gasteiger partial charge in [0.15, 0.2) is 5.58 Å². The summed E-state index contributed by atoms with van der Waals surface area (Å²) in [6.07, 6.45) is 0. The molecule has 0 unspecified atom stereocenters. The third kappa shape index (κ3) is 1.61. The second kappa shape index (κ2) is 3.75. The molecule has 86 valence electrons. The van der Waals surface area contributed by atoms with E-state index in [-0.39, 0.29) is 0 Å². The molecule has 0 aliphatic heterocycles. The highest BCUT2D eigenvalue weighted by Gasteiger charge is 2.15. The van der Waals surface area contributed by atoms with E-state index in [1.54, 1.807) is 6.07 Å². The molecule has 0 saturated carbocycles. The summed E-state index contributed by atoms with van der Waals surface area (Å²) in [5, 5.41) is 2.68.